The number of amides is 2. The van der Waals surface area contributed by atoms with E-state index in [1.54, 1.807) is 38.1 Å². The number of hydrogen-bond acceptors (Lipinski definition) is 5. The van der Waals surface area contributed by atoms with E-state index in [0.717, 1.165) is 26.6 Å². The van der Waals surface area contributed by atoms with E-state index in [0.29, 0.717) is 12.3 Å². The summed E-state index contributed by atoms with van der Waals surface area (Å²) >= 11 is 0. The summed E-state index contributed by atoms with van der Waals surface area (Å²) in [5, 5.41) is 2.77. The Morgan fingerprint density at radius 3 is 2.18 bits per heavy atom. The zero-order valence-electron chi connectivity index (χ0n) is 23.4. The number of aryl methyl sites for hydroxylation is 3. The van der Waals surface area contributed by atoms with Gasteiger partial charge < -0.3 is 15.0 Å². The second-order valence-corrected chi connectivity index (χ2v) is 11.4. The van der Waals surface area contributed by atoms with Crippen molar-refractivity contribution in [1.82, 2.24) is 10.2 Å². The maximum absolute atomic E-state index is 14.0. The van der Waals surface area contributed by atoms with E-state index in [2.05, 4.69) is 5.32 Å². The van der Waals surface area contributed by atoms with Gasteiger partial charge >= 0.3 is 0 Å². The van der Waals surface area contributed by atoms with Crippen LogP contribution in [0.5, 0.6) is 5.75 Å². The second kappa shape index (κ2) is 12.8. The molecule has 9 heteroatoms. The fourth-order valence-electron chi connectivity index (χ4n) is 4.26. The number of carbonyl (C=O) groups is 2. The first-order valence-corrected chi connectivity index (χ1v) is 14.3. The van der Waals surface area contributed by atoms with Gasteiger partial charge in [-0.25, -0.2) is 8.42 Å². The fraction of sp³-hybridized carbons (Fsp3) is 0.333. The smallest absolute Gasteiger partial charge is 0.264 e. The van der Waals surface area contributed by atoms with Crippen LogP contribution in [-0.4, -0.2) is 51.4 Å². The minimum absolute atomic E-state index is 0.0477. The van der Waals surface area contributed by atoms with Crippen LogP contribution in [0.2, 0.25) is 0 Å². The van der Waals surface area contributed by atoms with Crippen LogP contribution in [0, 0.1) is 20.8 Å². The van der Waals surface area contributed by atoms with Crippen LogP contribution in [0.15, 0.2) is 71.6 Å². The molecule has 208 valence electrons. The molecule has 1 atom stereocenters. The Kier molecular flexibility index (Phi) is 9.75. The van der Waals surface area contributed by atoms with Crippen molar-refractivity contribution in [3.63, 3.8) is 0 Å². The molecule has 39 heavy (non-hydrogen) atoms. The SMILES string of the molecule is CCNC(=O)C(C)N(Cc1cccc(C)c1)C(=O)CN(c1cc(C)ccc1OC)S(=O)(=O)c1ccc(C)cc1. The highest BCUT2D eigenvalue weighted by Gasteiger charge is 2.33. The highest BCUT2D eigenvalue weighted by Crippen LogP contribution is 2.34. The molecule has 0 saturated carbocycles. The normalized spacial score (nSPS) is 11.9. The van der Waals surface area contributed by atoms with Crippen LogP contribution in [0.3, 0.4) is 0 Å². The van der Waals surface area contributed by atoms with E-state index in [1.165, 1.54) is 24.1 Å². The Labute approximate surface area is 231 Å². The lowest BCUT2D eigenvalue weighted by molar-refractivity contribution is -0.139. The summed E-state index contributed by atoms with van der Waals surface area (Å²) < 4.78 is 34.6. The molecule has 0 aliphatic carbocycles. The average molecular weight is 552 g/mol. The average Bonchev–Trinajstić information content (AvgIpc) is 2.90. The minimum Gasteiger partial charge on any atom is -0.495 e. The van der Waals surface area contributed by atoms with Gasteiger partial charge in [-0.3, -0.25) is 13.9 Å². The number of nitrogens with one attached hydrogen (secondary N) is 1. The molecule has 0 radical (unpaired) electrons. The number of likely N-dealkylation sites (N-methyl/N-ethyl adjacent to an activating group) is 1. The van der Waals surface area contributed by atoms with Crippen LogP contribution >= 0.6 is 0 Å². The number of sulfonamides is 1. The van der Waals surface area contributed by atoms with Crippen LogP contribution in [0.25, 0.3) is 0 Å². The molecular weight excluding hydrogens is 514 g/mol. The molecule has 3 rings (SSSR count). The number of benzene rings is 3. The summed E-state index contributed by atoms with van der Waals surface area (Å²) in [7, 11) is -2.73. The number of methoxy groups -OCH3 is 1. The quantitative estimate of drug-likeness (QED) is 0.382. The van der Waals surface area contributed by atoms with Gasteiger partial charge in [0.2, 0.25) is 11.8 Å². The molecule has 0 aliphatic heterocycles. The molecule has 1 unspecified atom stereocenters. The number of ether oxygens (including phenoxy) is 1. The molecule has 8 nitrogen and oxygen atoms in total. The highest BCUT2D eigenvalue weighted by atomic mass is 32.2. The van der Waals surface area contributed by atoms with Gasteiger partial charge in [-0.2, -0.15) is 0 Å². The Morgan fingerprint density at radius 2 is 1.56 bits per heavy atom. The van der Waals surface area contributed by atoms with Crippen LogP contribution < -0.4 is 14.4 Å². The molecule has 0 saturated heterocycles. The Morgan fingerprint density at radius 1 is 0.923 bits per heavy atom. The van der Waals surface area contributed by atoms with E-state index < -0.39 is 28.5 Å². The van der Waals surface area contributed by atoms with Crippen molar-refractivity contribution in [2.75, 3.05) is 24.5 Å². The second-order valence-electron chi connectivity index (χ2n) is 9.58. The number of carbonyl (C=O) groups excluding carboxylic acids is 2. The van der Waals surface area contributed by atoms with E-state index in [4.69, 9.17) is 4.74 Å². The molecule has 2 amide bonds. The van der Waals surface area contributed by atoms with Gasteiger partial charge in [0.15, 0.2) is 0 Å². The molecule has 3 aromatic carbocycles. The van der Waals surface area contributed by atoms with Gasteiger partial charge in [0.25, 0.3) is 10.0 Å². The summed E-state index contributed by atoms with van der Waals surface area (Å²) in [6, 6.07) is 18.4. The zero-order chi connectivity index (χ0) is 28.7. The molecule has 0 fully saturated rings. The monoisotopic (exact) mass is 551 g/mol. The lowest BCUT2D eigenvalue weighted by Crippen LogP contribution is -2.51. The molecule has 0 spiro atoms. The third kappa shape index (κ3) is 7.17. The third-order valence-corrected chi connectivity index (χ3v) is 8.22. The first-order valence-electron chi connectivity index (χ1n) is 12.8. The standard InChI is InChI=1S/C30H37N3O5S/c1-7-31-30(35)24(5)32(19-25-10-8-9-22(3)17-25)29(34)20-33(27-18-23(4)13-16-28(27)38-6)39(36,37)26-14-11-21(2)12-15-26/h8-18,24H,7,19-20H2,1-6H3,(H,31,35). The van der Waals surface area contributed by atoms with Crippen molar-refractivity contribution >= 4 is 27.5 Å². The van der Waals surface area contributed by atoms with Crippen molar-refractivity contribution < 1.29 is 22.7 Å². The number of rotatable bonds is 11. The van der Waals surface area contributed by atoms with Gasteiger partial charge in [-0.1, -0.05) is 53.6 Å². The number of anilines is 1. The van der Waals surface area contributed by atoms with Crippen LogP contribution in [0.4, 0.5) is 5.69 Å². The Hall–Kier alpha value is -3.85. The predicted octanol–water partition coefficient (Wildman–Crippen LogP) is 4.37. The van der Waals surface area contributed by atoms with Crippen molar-refractivity contribution in [3.8, 4) is 5.75 Å². The number of nitrogens with zero attached hydrogens (tertiary/aromatic N) is 2. The van der Waals surface area contributed by atoms with E-state index in [-0.39, 0.29) is 23.0 Å². The van der Waals surface area contributed by atoms with Gasteiger partial charge in [0.05, 0.1) is 17.7 Å². The van der Waals surface area contributed by atoms with Gasteiger partial charge in [-0.15, -0.1) is 0 Å². The summed E-state index contributed by atoms with van der Waals surface area (Å²) in [5.74, 6) is -0.528. The van der Waals surface area contributed by atoms with Gasteiger partial charge in [-0.05, 0) is 70.0 Å². The van der Waals surface area contributed by atoms with E-state index >= 15 is 0 Å². The lowest BCUT2D eigenvalue weighted by Gasteiger charge is -2.32. The summed E-state index contributed by atoms with van der Waals surface area (Å²) in [4.78, 5) is 28.3. The molecule has 3 aromatic rings. The highest BCUT2D eigenvalue weighted by molar-refractivity contribution is 7.92. The topological polar surface area (TPSA) is 96.0 Å². The first-order chi connectivity index (χ1) is 18.5. The molecule has 0 aromatic heterocycles. The van der Waals surface area contributed by atoms with E-state index in [1.807, 2.05) is 51.1 Å². The van der Waals surface area contributed by atoms with Gasteiger partial charge in [0.1, 0.15) is 18.3 Å². The fourth-order valence-corrected chi connectivity index (χ4v) is 5.67. The van der Waals surface area contributed by atoms with Crippen LogP contribution in [0.1, 0.15) is 36.1 Å². The lowest BCUT2D eigenvalue weighted by atomic mass is 10.1. The van der Waals surface area contributed by atoms with Crippen molar-refractivity contribution in [2.45, 2.75) is 52.1 Å². The molecular formula is C30H37N3O5S. The maximum atomic E-state index is 14.0. The van der Waals surface area contributed by atoms with Gasteiger partial charge in [0, 0.05) is 13.1 Å². The minimum atomic E-state index is -4.18. The van der Waals surface area contributed by atoms with Crippen molar-refractivity contribution in [1.29, 1.82) is 0 Å². The zero-order valence-corrected chi connectivity index (χ0v) is 24.2. The maximum Gasteiger partial charge on any atom is 0.264 e. The van der Waals surface area contributed by atoms with Crippen molar-refractivity contribution in [3.05, 3.63) is 89.0 Å². The van der Waals surface area contributed by atoms with E-state index in [9.17, 15) is 18.0 Å². The third-order valence-electron chi connectivity index (χ3n) is 6.44. The van der Waals surface area contributed by atoms with Crippen LogP contribution in [-0.2, 0) is 26.2 Å². The predicted molar refractivity (Wildman–Crippen MR) is 153 cm³/mol. The molecule has 0 bridgehead atoms. The molecule has 1 N–H and O–H groups in total. The Bertz CT molecular complexity index is 1420. The Balaban J connectivity index is 2.10. The van der Waals surface area contributed by atoms with Crippen molar-refractivity contribution in [2.24, 2.45) is 0 Å². The molecule has 0 heterocycles. The number of hydrogen-bond donors (Lipinski definition) is 1. The summed E-state index contributed by atoms with van der Waals surface area (Å²) in [6.07, 6.45) is 0. The summed E-state index contributed by atoms with van der Waals surface area (Å²) in [6.45, 7) is 9.12. The molecule has 0 aliphatic rings. The first kappa shape index (κ1) is 29.7. The summed E-state index contributed by atoms with van der Waals surface area (Å²) in [5.41, 5.74) is 3.80. The largest absolute Gasteiger partial charge is 0.495 e.